The van der Waals surface area contributed by atoms with Gasteiger partial charge in [-0.2, -0.15) is 0 Å². The third-order valence-electron chi connectivity index (χ3n) is 8.75. The lowest BCUT2D eigenvalue weighted by Gasteiger charge is -2.37. The first-order chi connectivity index (χ1) is 17.2. The van der Waals surface area contributed by atoms with Crippen LogP contribution >= 0.6 is 0 Å². The largest absolute Gasteiger partial charge is 0.364 e. The zero-order chi connectivity index (χ0) is 25.8. The van der Waals surface area contributed by atoms with E-state index >= 15 is 0 Å². The standard InChI is InChI=1S/C33H50O3/c1-24(2)12-9-13-25(3)14-10-15-26(4)16-11-17-27(5)18-19-29-22-32(28(6)30-31(29)35-30)23-34-33(36-32)20-7-8-21-33/h12,14,16,18,29-31H,6-11,13,15,17,19-23H2,1-5H3/b25-14+,26-16+,27-18+/t29-,30+,31-,32-/m1/s1. The molecule has 4 fully saturated rings. The monoisotopic (exact) mass is 494 g/mol. The molecule has 0 aromatic rings. The molecule has 3 heteroatoms. The van der Waals surface area contributed by atoms with Gasteiger partial charge in [0.15, 0.2) is 5.79 Å². The zero-order valence-corrected chi connectivity index (χ0v) is 23.7. The Kier molecular flexibility index (Phi) is 9.18. The highest BCUT2D eigenvalue weighted by Crippen LogP contribution is 2.56. The van der Waals surface area contributed by atoms with Crippen LogP contribution in [-0.2, 0) is 14.2 Å². The minimum Gasteiger partial charge on any atom is -0.364 e. The predicted molar refractivity (Wildman–Crippen MR) is 150 cm³/mol. The second kappa shape index (κ2) is 12.0. The zero-order valence-electron chi connectivity index (χ0n) is 23.7. The SMILES string of the molecule is C=C1[C@@H]2O[C@@H]2[C@H](C/C=C(\C)CC/C=C(\C)CC/C=C(\C)CCC=C(C)C)C[C@@]12COC1(CCCC1)O2. The van der Waals surface area contributed by atoms with Crippen LogP contribution in [0.1, 0.15) is 112 Å². The van der Waals surface area contributed by atoms with Crippen molar-refractivity contribution in [2.75, 3.05) is 6.61 Å². The summed E-state index contributed by atoms with van der Waals surface area (Å²) in [6.45, 7) is 16.2. The summed E-state index contributed by atoms with van der Waals surface area (Å²) in [5, 5.41) is 0. The first kappa shape index (κ1) is 27.6. The van der Waals surface area contributed by atoms with E-state index in [1.165, 1.54) is 48.0 Å². The fourth-order valence-corrected chi connectivity index (χ4v) is 6.33. The molecule has 4 aliphatic rings. The maximum absolute atomic E-state index is 6.71. The summed E-state index contributed by atoms with van der Waals surface area (Å²) in [6.07, 6.45) is 23.6. The van der Waals surface area contributed by atoms with Gasteiger partial charge in [-0.05, 0) is 110 Å². The highest BCUT2D eigenvalue weighted by atomic mass is 16.8. The van der Waals surface area contributed by atoms with Crippen LogP contribution in [0.2, 0.25) is 0 Å². The Balaban J connectivity index is 1.19. The van der Waals surface area contributed by atoms with Gasteiger partial charge in [-0.3, -0.25) is 0 Å². The summed E-state index contributed by atoms with van der Waals surface area (Å²) in [6, 6.07) is 0. The van der Waals surface area contributed by atoms with Gasteiger partial charge in [0, 0.05) is 12.8 Å². The van der Waals surface area contributed by atoms with Crippen LogP contribution in [0.15, 0.2) is 58.7 Å². The summed E-state index contributed by atoms with van der Waals surface area (Å²) in [7, 11) is 0. The lowest BCUT2D eigenvalue weighted by Crippen LogP contribution is -2.45. The van der Waals surface area contributed by atoms with Crippen LogP contribution in [0.25, 0.3) is 0 Å². The Labute approximate surface area is 220 Å². The average molecular weight is 495 g/mol. The molecule has 0 aromatic carbocycles. The molecule has 2 aliphatic heterocycles. The van der Waals surface area contributed by atoms with E-state index in [1.54, 1.807) is 0 Å². The van der Waals surface area contributed by atoms with Crippen molar-refractivity contribution < 1.29 is 14.2 Å². The molecule has 2 aliphatic carbocycles. The van der Waals surface area contributed by atoms with Gasteiger partial charge < -0.3 is 14.2 Å². The van der Waals surface area contributed by atoms with Crippen molar-refractivity contribution in [1.82, 2.24) is 0 Å². The summed E-state index contributed by atoms with van der Waals surface area (Å²) in [5.41, 5.74) is 6.73. The van der Waals surface area contributed by atoms with Crippen LogP contribution in [0.3, 0.4) is 0 Å². The lowest BCUT2D eigenvalue weighted by molar-refractivity contribution is -0.179. The Hall–Kier alpha value is -1.42. The highest BCUT2D eigenvalue weighted by Gasteiger charge is 2.63. The van der Waals surface area contributed by atoms with E-state index in [1.807, 2.05) is 0 Å². The van der Waals surface area contributed by atoms with Crippen LogP contribution < -0.4 is 0 Å². The minimum atomic E-state index is -0.342. The van der Waals surface area contributed by atoms with E-state index in [2.05, 4.69) is 65.5 Å². The quantitative estimate of drug-likeness (QED) is 0.212. The molecule has 0 amide bonds. The number of allylic oxidation sites excluding steroid dienone is 8. The summed E-state index contributed by atoms with van der Waals surface area (Å²) < 4.78 is 19.1. The molecule has 0 bridgehead atoms. The van der Waals surface area contributed by atoms with Crippen molar-refractivity contribution in [3.63, 3.8) is 0 Å². The van der Waals surface area contributed by atoms with Gasteiger partial charge in [-0.15, -0.1) is 0 Å². The fourth-order valence-electron chi connectivity index (χ4n) is 6.33. The molecule has 0 aromatic heterocycles. The van der Waals surface area contributed by atoms with E-state index in [0.29, 0.717) is 18.6 Å². The number of epoxide rings is 1. The maximum Gasteiger partial charge on any atom is 0.169 e. The van der Waals surface area contributed by atoms with Crippen molar-refractivity contribution in [3.8, 4) is 0 Å². The molecule has 4 atom stereocenters. The third-order valence-corrected chi connectivity index (χ3v) is 8.75. The smallest absolute Gasteiger partial charge is 0.169 e. The number of rotatable bonds is 11. The summed E-state index contributed by atoms with van der Waals surface area (Å²) in [5.74, 6) is 0.158. The van der Waals surface area contributed by atoms with Crippen molar-refractivity contribution >= 4 is 0 Å². The second-order valence-electron chi connectivity index (χ2n) is 12.3. The molecule has 2 saturated heterocycles. The summed E-state index contributed by atoms with van der Waals surface area (Å²) in [4.78, 5) is 0. The van der Waals surface area contributed by atoms with E-state index in [4.69, 9.17) is 14.2 Å². The normalized spacial score (nSPS) is 31.9. The Morgan fingerprint density at radius 2 is 1.44 bits per heavy atom. The number of fused-ring (bicyclic) bond motifs is 1. The molecule has 36 heavy (non-hydrogen) atoms. The van der Waals surface area contributed by atoms with Gasteiger partial charge in [0.2, 0.25) is 0 Å². The van der Waals surface area contributed by atoms with Gasteiger partial charge in [-0.25, -0.2) is 0 Å². The molecule has 0 unspecified atom stereocenters. The second-order valence-corrected chi connectivity index (χ2v) is 12.3. The molecule has 0 radical (unpaired) electrons. The lowest BCUT2D eigenvalue weighted by atomic mass is 9.74. The van der Waals surface area contributed by atoms with E-state index < -0.39 is 0 Å². The molecular formula is C33H50O3. The number of hydrogen-bond donors (Lipinski definition) is 0. The predicted octanol–water partition coefficient (Wildman–Crippen LogP) is 8.92. The molecule has 3 nitrogen and oxygen atoms in total. The maximum atomic E-state index is 6.71. The minimum absolute atomic E-state index is 0.174. The van der Waals surface area contributed by atoms with Crippen LogP contribution in [0.4, 0.5) is 0 Å². The topological polar surface area (TPSA) is 31.0 Å². The van der Waals surface area contributed by atoms with E-state index in [0.717, 1.165) is 56.9 Å². The Bertz CT molecular complexity index is 909. The van der Waals surface area contributed by atoms with Crippen LogP contribution in [0, 0.1) is 5.92 Å². The van der Waals surface area contributed by atoms with Gasteiger partial charge in [0.1, 0.15) is 11.7 Å². The van der Waals surface area contributed by atoms with E-state index in [9.17, 15) is 0 Å². The van der Waals surface area contributed by atoms with Crippen molar-refractivity contribution in [2.24, 2.45) is 5.92 Å². The summed E-state index contributed by atoms with van der Waals surface area (Å²) >= 11 is 0. The molecule has 4 rings (SSSR count). The molecular weight excluding hydrogens is 444 g/mol. The molecule has 2 heterocycles. The first-order valence-electron chi connectivity index (χ1n) is 14.5. The van der Waals surface area contributed by atoms with E-state index in [-0.39, 0.29) is 17.5 Å². The number of ether oxygens (including phenoxy) is 3. The van der Waals surface area contributed by atoms with Gasteiger partial charge in [0.05, 0.1) is 12.7 Å². The molecule has 200 valence electrons. The average Bonchev–Trinajstić information content (AvgIpc) is 3.38. The Morgan fingerprint density at radius 3 is 2.06 bits per heavy atom. The van der Waals surface area contributed by atoms with Gasteiger partial charge in [0.25, 0.3) is 0 Å². The van der Waals surface area contributed by atoms with Crippen molar-refractivity contribution in [3.05, 3.63) is 58.7 Å². The third kappa shape index (κ3) is 6.91. The van der Waals surface area contributed by atoms with Crippen molar-refractivity contribution in [1.29, 1.82) is 0 Å². The fraction of sp³-hybridized carbons (Fsp3) is 0.697. The van der Waals surface area contributed by atoms with Gasteiger partial charge >= 0.3 is 0 Å². The molecule has 0 N–H and O–H groups in total. The first-order valence-corrected chi connectivity index (χ1v) is 14.5. The molecule has 2 saturated carbocycles. The molecule has 2 spiro atoms. The van der Waals surface area contributed by atoms with Gasteiger partial charge in [-0.1, -0.05) is 53.2 Å². The number of hydrogen-bond acceptors (Lipinski definition) is 3. The highest BCUT2D eigenvalue weighted by molar-refractivity contribution is 5.32. The van der Waals surface area contributed by atoms with Crippen molar-refractivity contribution in [2.45, 2.75) is 135 Å². The Morgan fingerprint density at radius 1 is 0.861 bits per heavy atom. The van der Waals surface area contributed by atoms with Crippen LogP contribution in [0.5, 0.6) is 0 Å². The van der Waals surface area contributed by atoms with Crippen LogP contribution in [-0.4, -0.2) is 30.2 Å².